The van der Waals surface area contributed by atoms with E-state index in [9.17, 15) is 27.2 Å². The number of aromatic nitrogens is 3. The van der Waals surface area contributed by atoms with E-state index in [4.69, 9.17) is 16.5 Å². The quantitative estimate of drug-likeness (QED) is 0.227. The smallest absolute Gasteiger partial charge is 0.240 e. The fourth-order valence-corrected chi connectivity index (χ4v) is 7.05. The highest BCUT2D eigenvalue weighted by molar-refractivity contribution is 5.92. The van der Waals surface area contributed by atoms with E-state index in [1.54, 1.807) is 19.1 Å². The molecule has 5 N–H and O–H groups in total. The number of fused-ring (bicyclic) bond motifs is 2. The van der Waals surface area contributed by atoms with E-state index in [1.165, 1.54) is 34.1 Å². The maximum atomic E-state index is 14.9. The lowest BCUT2D eigenvalue weighted by atomic mass is 9.99. The van der Waals surface area contributed by atoms with Gasteiger partial charge in [0.05, 0.1) is 47.9 Å². The van der Waals surface area contributed by atoms with Crippen molar-refractivity contribution in [2.75, 3.05) is 13.1 Å². The largest absolute Gasteiger partial charge is 0.352 e. The van der Waals surface area contributed by atoms with Crippen LogP contribution in [0, 0.1) is 17.6 Å². The minimum atomic E-state index is -1.25. The van der Waals surface area contributed by atoms with Gasteiger partial charge in [0.1, 0.15) is 24.0 Å². The van der Waals surface area contributed by atoms with E-state index in [-0.39, 0.29) is 56.6 Å². The second-order valence-electron chi connectivity index (χ2n) is 13.3. The number of H-pyrrole nitrogens is 1. The summed E-state index contributed by atoms with van der Waals surface area (Å²) in [6.45, 7) is 5.42. The van der Waals surface area contributed by atoms with Crippen molar-refractivity contribution in [2.24, 2.45) is 17.4 Å². The number of halogens is 4. The summed E-state index contributed by atoms with van der Waals surface area (Å²) in [7, 11) is 0. The summed E-state index contributed by atoms with van der Waals surface area (Å²) < 4.78 is 60.6. The van der Waals surface area contributed by atoms with Gasteiger partial charge in [-0.25, -0.2) is 22.5 Å². The summed E-state index contributed by atoms with van der Waals surface area (Å²) in [5.41, 5.74) is 14.8. The molecule has 4 heterocycles. The highest BCUT2D eigenvalue weighted by Crippen LogP contribution is 2.37. The third kappa shape index (κ3) is 6.22. The Hall–Kier alpha value is -3.97. The van der Waals surface area contributed by atoms with Crippen LogP contribution in [0.3, 0.4) is 0 Å². The Morgan fingerprint density at radius 3 is 2.28 bits per heavy atom. The van der Waals surface area contributed by atoms with Crippen LogP contribution >= 0.6 is 0 Å². The van der Waals surface area contributed by atoms with E-state index in [0.29, 0.717) is 45.4 Å². The van der Waals surface area contributed by atoms with Crippen molar-refractivity contribution in [3.05, 3.63) is 53.6 Å². The lowest BCUT2D eigenvalue weighted by Gasteiger charge is -2.29. The molecular weight excluding hydrogens is 614 g/mol. The molecule has 0 saturated carbocycles. The number of carbonyl (C=O) groups excluding carboxylic acids is 2. The normalized spacial score (nSPS) is 23.0. The number of carbonyl (C=O) groups is 2. The van der Waals surface area contributed by atoms with Crippen LogP contribution in [-0.2, 0) is 22.6 Å². The minimum Gasteiger partial charge on any atom is -0.352 e. The molecule has 9 nitrogen and oxygen atoms in total. The number of benzene rings is 2. The summed E-state index contributed by atoms with van der Waals surface area (Å²) in [5, 5.41) is 0.657. The summed E-state index contributed by atoms with van der Waals surface area (Å²) >= 11 is 0. The Labute approximate surface area is 270 Å². The lowest BCUT2D eigenvalue weighted by Crippen LogP contribution is -2.49. The van der Waals surface area contributed by atoms with Crippen LogP contribution in [-0.4, -0.2) is 85.7 Å². The summed E-state index contributed by atoms with van der Waals surface area (Å²) in [4.78, 5) is 37.6. The highest BCUT2D eigenvalue weighted by Gasteiger charge is 2.40. The molecule has 252 valence electrons. The van der Waals surface area contributed by atoms with Gasteiger partial charge in [-0.15, -0.1) is 0 Å². The van der Waals surface area contributed by atoms with E-state index < -0.39 is 48.1 Å². The van der Waals surface area contributed by atoms with Crippen LogP contribution < -0.4 is 11.5 Å². The SMILES string of the molecule is CC[C@H](N)C(=O)N1C[C@@H](F)C[C@H]1Cc1c(-c2nc3cc(F)ccc3n2C[C@@H]2C[C@H](F)CN2C(=O)[C@@H](N)C(C)C)[nH]c2cc(F)ccc12. The molecule has 2 fully saturated rings. The first-order valence-corrected chi connectivity index (χ1v) is 16.2. The predicted octanol–water partition coefficient (Wildman–Crippen LogP) is 4.60. The molecule has 6 atom stereocenters. The number of amides is 2. The van der Waals surface area contributed by atoms with Crippen LogP contribution in [0.5, 0.6) is 0 Å². The zero-order valence-corrected chi connectivity index (χ0v) is 26.7. The van der Waals surface area contributed by atoms with E-state index in [2.05, 4.69) is 4.98 Å². The minimum absolute atomic E-state index is 0.0736. The molecule has 2 aliphatic heterocycles. The third-order valence-electron chi connectivity index (χ3n) is 9.69. The predicted molar refractivity (Wildman–Crippen MR) is 172 cm³/mol. The van der Waals surface area contributed by atoms with Crippen molar-refractivity contribution in [2.45, 2.75) is 89.5 Å². The Morgan fingerprint density at radius 2 is 1.60 bits per heavy atom. The molecule has 4 aromatic rings. The Balaban J connectivity index is 1.47. The number of nitrogens with two attached hydrogens (primary N) is 2. The van der Waals surface area contributed by atoms with Crippen LogP contribution in [0.15, 0.2) is 36.4 Å². The first-order chi connectivity index (χ1) is 22.4. The second-order valence-corrected chi connectivity index (χ2v) is 13.3. The van der Waals surface area contributed by atoms with Gasteiger partial charge < -0.3 is 30.8 Å². The standard InChI is InChI=1S/C34H41F4N7O2/c1-4-26(39)33(46)43-14-20(37)9-22(43)13-25-24-7-5-18(35)11-27(24)41-31(25)32-42-28-12-19(36)6-8-29(28)45(32)16-23-10-21(38)15-44(23)34(47)30(40)17(2)3/h5-8,11-12,17,20-23,26,30,41H,4,9-10,13-16,39-40H2,1-3H3/t20-,21-,22-,23-,26-,30-/m0/s1. The number of alkyl halides is 2. The number of hydrogen-bond donors (Lipinski definition) is 3. The highest BCUT2D eigenvalue weighted by atomic mass is 19.1. The van der Waals surface area contributed by atoms with Gasteiger partial charge in [-0.1, -0.05) is 20.8 Å². The van der Waals surface area contributed by atoms with Gasteiger partial charge in [0.25, 0.3) is 0 Å². The monoisotopic (exact) mass is 655 g/mol. The number of nitrogens with zero attached hydrogens (tertiary/aromatic N) is 4. The van der Waals surface area contributed by atoms with Gasteiger partial charge in [0.2, 0.25) is 11.8 Å². The summed E-state index contributed by atoms with van der Waals surface area (Å²) in [5.74, 6) is -1.45. The van der Waals surface area contributed by atoms with Crippen LogP contribution in [0.1, 0.15) is 45.6 Å². The molecule has 0 unspecified atom stereocenters. The zero-order chi connectivity index (χ0) is 33.7. The molecule has 47 heavy (non-hydrogen) atoms. The molecule has 0 aliphatic carbocycles. The average molecular weight is 656 g/mol. The van der Waals surface area contributed by atoms with E-state index in [1.807, 2.05) is 18.4 Å². The van der Waals surface area contributed by atoms with Crippen molar-refractivity contribution in [3.8, 4) is 11.5 Å². The molecule has 0 bridgehead atoms. The average Bonchev–Trinajstić information content (AvgIpc) is 3.78. The maximum absolute atomic E-state index is 14.9. The van der Waals surface area contributed by atoms with Gasteiger partial charge in [-0.2, -0.15) is 0 Å². The maximum Gasteiger partial charge on any atom is 0.240 e. The van der Waals surface area contributed by atoms with Crippen molar-refractivity contribution < 1.29 is 27.2 Å². The molecule has 2 amide bonds. The molecule has 6 rings (SSSR count). The molecule has 2 aromatic heterocycles. The first-order valence-electron chi connectivity index (χ1n) is 16.2. The van der Waals surface area contributed by atoms with E-state index in [0.717, 1.165) is 0 Å². The summed E-state index contributed by atoms with van der Waals surface area (Å²) in [6.07, 6.45) is -1.69. The number of rotatable bonds is 9. The number of nitrogens with one attached hydrogen (secondary N) is 1. The fourth-order valence-electron chi connectivity index (χ4n) is 7.05. The Kier molecular flexibility index (Phi) is 9.05. The van der Waals surface area contributed by atoms with Crippen molar-refractivity contribution in [1.29, 1.82) is 0 Å². The number of aromatic amines is 1. The zero-order valence-electron chi connectivity index (χ0n) is 26.7. The molecule has 2 aromatic carbocycles. The van der Waals surface area contributed by atoms with Gasteiger partial charge >= 0.3 is 0 Å². The number of hydrogen-bond acceptors (Lipinski definition) is 5. The Bertz CT molecular complexity index is 1810. The molecule has 13 heteroatoms. The van der Waals surface area contributed by atoms with E-state index >= 15 is 0 Å². The number of imidazole rings is 1. The van der Waals surface area contributed by atoms with Crippen LogP contribution in [0.25, 0.3) is 33.5 Å². The molecular formula is C34H41F4N7O2. The van der Waals surface area contributed by atoms with Gasteiger partial charge in [0.15, 0.2) is 5.82 Å². The molecule has 0 radical (unpaired) electrons. The fraction of sp³-hybridized carbons (Fsp3) is 0.500. The summed E-state index contributed by atoms with van der Waals surface area (Å²) in [6, 6.07) is 5.80. The van der Waals surface area contributed by atoms with Gasteiger partial charge in [-0.05, 0) is 54.7 Å². The topological polar surface area (TPSA) is 126 Å². The van der Waals surface area contributed by atoms with Gasteiger partial charge in [-0.3, -0.25) is 9.59 Å². The number of likely N-dealkylation sites (tertiary alicyclic amines) is 2. The van der Waals surface area contributed by atoms with Crippen LogP contribution in [0.4, 0.5) is 17.6 Å². The van der Waals surface area contributed by atoms with Gasteiger partial charge in [0, 0.05) is 42.4 Å². The Morgan fingerprint density at radius 1 is 0.957 bits per heavy atom. The molecule has 2 saturated heterocycles. The van der Waals surface area contributed by atoms with Crippen molar-refractivity contribution in [1.82, 2.24) is 24.3 Å². The second kappa shape index (κ2) is 12.9. The first kappa shape index (κ1) is 33.0. The van der Waals surface area contributed by atoms with Crippen LogP contribution in [0.2, 0.25) is 0 Å². The molecule has 0 spiro atoms. The van der Waals surface area contributed by atoms with Crippen molar-refractivity contribution in [3.63, 3.8) is 0 Å². The third-order valence-corrected chi connectivity index (χ3v) is 9.69. The molecule has 2 aliphatic rings. The lowest BCUT2D eigenvalue weighted by molar-refractivity contribution is -0.135. The van der Waals surface area contributed by atoms with Crippen molar-refractivity contribution >= 4 is 33.8 Å².